The maximum absolute atomic E-state index is 13.3. The number of hydrogen-bond donors (Lipinski definition) is 3. The molecular formula is C23H19F4N5O3. The number of carbonyl (C=O) groups excluding carboxylic acids is 1. The predicted octanol–water partition coefficient (Wildman–Crippen LogP) is 3.30. The molecule has 0 saturated carbocycles. The number of halogens is 4. The van der Waals surface area contributed by atoms with Crippen molar-refractivity contribution in [3.63, 3.8) is 0 Å². The highest BCUT2D eigenvalue weighted by molar-refractivity contribution is 5.97. The fourth-order valence-electron chi connectivity index (χ4n) is 3.32. The van der Waals surface area contributed by atoms with E-state index in [-0.39, 0.29) is 16.8 Å². The third kappa shape index (κ3) is 5.61. The van der Waals surface area contributed by atoms with Crippen LogP contribution >= 0.6 is 0 Å². The summed E-state index contributed by atoms with van der Waals surface area (Å²) in [7, 11) is 0. The highest BCUT2D eigenvalue weighted by Gasteiger charge is 2.40. The zero-order valence-electron chi connectivity index (χ0n) is 18.1. The Kier molecular flexibility index (Phi) is 6.76. The first-order chi connectivity index (χ1) is 16.6. The molecule has 1 aliphatic heterocycles. The number of aromatic nitrogens is 2. The van der Waals surface area contributed by atoms with Crippen LogP contribution in [0, 0.1) is 5.82 Å². The van der Waals surface area contributed by atoms with Crippen molar-refractivity contribution in [2.45, 2.75) is 31.5 Å². The van der Waals surface area contributed by atoms with Gasteiger partial charge >= 0.3 is 6.18 Å². The number of nitrogens with zero attached hydrogens (tertiary/aromatic N) is 3. The number of pyridine rings is 2. The number of aliphatic imine (C=N–C) groups is 1. The first-order valence-electron chi connectivity index (χ1n) is 10.4. The molecule has 4 rings (SSSR count). The Hall–Kier alpha value is -3.90. The predicted molar refractivity (Wildman–Crippen MR) is 116 cm³/mol. The van der Waals surface area contributed by atoms with E-state index in [1.807, 2.05) is 0 Å². The van der Waals surface area contributed by atoms with Crippen molar-refractivity contribution in [2.24, 2.45) is 4.99 Å². The minimum atomic E-state index is -4.96. The third-order valence-corrected chi connectivity index (χ3v) is 5.09. The van der Waals surface area contributed by atoms with Crippen LogP contribution in [0.3, 0.4) is 0 Å². The van der Waals surface area contributed by atoms with Gasteiger partial charge in [0.2, 0.25) is 0 Å². The number of amidine groups is 1. The summed E-state index contributed by atoms with van der Waals surface area (Å²) in [5, 5.41) is 12.4. The topological polar surface area (TPSA) is 109 Å². The molecule has 0 bridgehead atoms. The van der Waals surface area contributed by atoms with Gasteiger partial charge in [-0.2, -0.15) is 13.2 Å². The summed E-state index contributed by atoms with van der Waals surface area (Å²) < 4.78 is 52.8. The number of hydroxylamine groups is 1. The van der Waals surface area contributed by atoms with Crippen LogP contribution in [0.5, 0.6) is 0 Å². The fourth-order valence-corrected chi connectivity index (χ4v) is 3.32. The first kappa shape index (κ1) is 24.2. The molecule has 12 heteroatoms. The molecule has 3 N–H and O–H groups in total. The van der Waals surface area contributed by atoms with Crippen molar-refractivity contribution in [3.05, 3.63) is 83.6 Å². The molecule has 0 fully saturated rings. The van der Waals surface area contributed by atoms with Gasteiger partial charge in [0.05, 0.1) is 17.9 Å². The van der Waals surface area contributed by atoms with E-state index in [9.17, 15) is 27.5 Å². The van der Waals surface area contributed by atoms with Crippen LogP contribution in [0.4, 0.5) is 17.6 Å². The summed E-state index contributed by atoms with van der Waals surface area (Å²) in [5.74, 6) is -1.01. The molecule has 8 nitrogen and oxygen atoms in total. The summed E-state index contributed by atoms with van der Waals surface area (Å²) in [4.78, 5) is 30.6. The largest absolute Gasteiger partial charge is 0.418 e. The maximum atomic E-state index is 13.3. The molecule has 0 radical (unpaired) electrons. The standard InChI is InChI=1S/C23H19F4N5O3/c1-12(22-31-20(32-35-22)18-4-2-3-7-28-18)30-21(34)15-9-13(17-6-5-16(24)11-29-17)8-14(10-15)19(33)23(25,26)27/h2-12,19,22,33H,1H3,(H,30,34)(H,31,32). The number of carbonyl (C=O) groups is 1. The van der Waals surface area contributed by atoms with Gasteiger partial charge in [0.25, 0.3) is 5.91 Å². The molecule has 0 spiro atoms. The van der Waals surface area contributed by atoms with E-state index in [0.717, 1.165) is 24.4 Å². The number of alkyl halides is 3. The van der Waals surface area contributed by atoms with Gasteiger partial charge < -0.3 is 10.4 Å². The first-order valence-corrected chi connectivity index (χ1v) is 10.4. The molecule has 3 heterocycles. The Labute approximate surface area is 196 Å². The smallest absolute Gasteiger partial charge is 0.379 e. The molecular weight excluding hydrogens is 470 g/mol. The zero-order chi connectivity index (χ0) is 25.2. The number of rotatable bonds is 6. The second-order valence-electron chi connectivity index (χ2n) is 7.71. The number of amides is 1. The van der Waals surface area contributed by atoms with Gasteiger partial charge in [0, 0.05) is 17.3 Å². The normalized spacial score (nSPS) is 17.3. The van der Waals surface area contributed by atoms with Crippen molar-refractivity contribution in [2.75, 3.05) is 0 Å². The quantitative estimate of drug-likeness (QED) is 0.459. The molecule has 3 aromatic rings. The van der Waals surface area contributed by atoms with Crippen molar-refractivity contribution in [1.29, 1.82) is 0 Å². The Morgan fingerprint density at radius 2 is 1.94 bits per heavy atom. The lowest BCUT2D eigenvalue weighted by Gasteiger charge is -2.19. The number of benzene rings is 1. The highest BCUT2D eigenvalue weighted by atomic mass is 19.4. The summed E-state index contributed by atoms with van der Waals surface area (Å²) in [6.45, 7) is 1.60. The van der Waals surface area contributed by atoms with Crippen LogP contribution in [0.2, 0.25) is 0 Å². The number of aliphatic hydroxyl groups excluding tert-OH is 1. The van der Waals surface area contributed by atoms with E-state index >= 15 is 0 Å². The lowest BCUT2D eigenvalue weighted by atomic mass is 9.99. The number of aliphatic hydroxyl groups is 1. The molecule has 182 valence electrons. The van der Waals surface area contributed by atoms with Gasteiger partial charge in [-0.25, -0.2) is 19.7 Å². The van der Waals surface area contributed by atoms with Gasteiger partial charge in [0.1, 0.15) is 11.5 Å². The Balaban J connectivity index is 1.59. The maximum Gasteiger partial charge on any atom is 0.418 e. The van der Waals surface area contributed by atoms with Gasteiger partial charge in [-0.05, 0) is 55.0 Å². The SMILES string of the molecule is CC(NC(=O)c1cc(-c2ccc(F)cn2)cc(C(O)C(F)(F)F)c1)C1N=C(c2ccccn2)NO1. The second kappa shape index (κ2) is 9.76. The molecule has 35 heavy (non-hydrogen) atoms. The number of nitrogens with one attached hydrogen (secondary N) is 2. The number of hydrogen-bond acceptors (Lipinski definition) is 7. The lowest BCUT2D eigenvalue weighted by molar-refractivity contribution is -0.206. The van der Waals surface area contributed by atoms with Crippen molar-refractivity contribution < 1.29 is 32.3 Å². The minimum Gasteiger partial charge on any atom is -0.379 e. The molecule has 0 aliphatic carbocycles. The summed E-state index contributed by atoms with van der Waals surface area (Å²) >= 11 is 0. The molecule has 2 aromatic heterocycles. The van der Waals surface area contributed by atoms with E-state index in [1.165, 1.54) is 12.1 Å². The molecule has 3 unspecified atom stereocenters. The van der Waals surface area contributed by atoms with Crippen LogP contribution in [0.15, 0.2) is 65.9 Å². The van der Waals surface area contributed by atoms with E-state index in [1.54, 1.807) is 31.3 Å². The molecule has 0 saturated heterocycles. The second-order valence-corrected chi connectivity index (χ2v) is 7.71. The average Bonchev–Trinajstić information content (AvgIpc) is 3.34. The summed E-state index contributed by atoms with van der Waals surface area (Å²) in [5.41, 5.74) is 2.65. The van der Waals surface area contributed by atoms with Crippen LogP contribution in [0.1, 0.15) is 34.6 Å². The van der Waals surface area contributed by atoms with Crippen LogP contribution in [-0.2, 0) is 4.84 Å². The minimum absolute atomic E-state index is 0.0952. The van der Waals surface area contributed by atoms with E-state index in [4.69, 9.17) is 4.84 Å². The van der Waals surface area contributed by atoms with Gasteiger partial charge in [-0.3, -0.25) is 14.8 Å². The summed E-state index contributed by atoms with van der Waals surface area (Å²) in [6, 6.07) is 10.1. The van der Waals surface area contributed by atoms with Crippen molar-refractivity contribution in [1.82, 2.24) is 20.8 Å². The Bertz CT molecular complexity index is 1240. The highest BCUT2D eigenvalue weighted by Crippen LogP contribution is 2.35. The monoisotopic (exact) mass is 489 g/mol. The summed E-state index contributed by atoms with van der Waals surface area (Å²) in [6.07, 6.45) is -6.16. The Morgan fingerprint density at radius 1 is 1.14 bits per heavy atom. The van der Waals surface area contributed by atoms with E-state index in [0.29, 0.717) is 11.5 Å². The fraction of sp³-hybridized carbons (Fsp3) is 0.217. The van der Waals surface area contributed by atoms with Crippen LogP contribution in [-0.4, -0.2) is 45.3 Å². The van der Waals surface area contributed by atoms with E-state index < -0.39 is 41.8 Å². The van der Waals surface area contributed by atoms with Gasteiger partial charge in [-0.1, -0.05) is 6.07 Å². The van der Waals surface area contributed by atoms with Crippen molar-refractivity contribution >= 4 is 11.7 Å². The molecule has 3 atom stereocenters. The lowest BCUT2D eigenvalue weighted by Crippen LogP contribution is -2.41. The molecule has 1 aromatic carbocycles. The Morgan fingerprint density at radius 3 is 2.60 bits per heavy atom. The molecule has 1 amide bonds. The third-order valence-electron chi connectivity index (χ3n) is 5.09. The zero-order valence-corrected chi connectivity index (χ0v) is 18.1. The van der Waals surface area contributed by atoms with E-state index in [2.05, 4.69) is 25.8 Å². The van der Waals surface area contributed by atoms with Crippen molar-refractivity contribution in [3.8, 4) is 11.3 Å². The average molecular weight is 489 g/mol. The van der Waals surface area contributed by atoms with Gasteiger partial charge in [-0.15, -0.1) is 0 Å². The van der Waals surface area contributed by atoms with Gasteiger partial charge in [0.15, 0.2) is 18.2 Å². The van der Waals surface area contributed by atoms with Crippen LogP contribution in [0.25, 0.3) is 11.3 Å². The molecule has 1 aliphatic rings. The van der Waals surface area contributed by atoms with Crippen LogP contribution < -0.4 is 10.8 Å².